The number of benzene rings is 2. The van der Waals surface area contributed by atoms with Crippen LogP contribution in [-0.4, -0.2) is 22.1 Å². The fraction of sp³-hybridized carbons (Fsp3) is 0.0667. The molecule has 0 bridgehead atoms. The Morgan fingerprint density at radius 2 is 1.65 bits per heavy atom. The van der Waals surface area contributed by atoms with Gasteiger partial charge in [-0.3, -0.25) is 0 Å². The van der Waals surface area contributed by atoms with Crippen LogP contribution in [0.2, 0.25) is 0 Å². The first kappa shape index (κ1) is 12.0. The van der Waals surface area contributed by atoms with E-state index in [1.807, 2.05) is 18.2 Å². The maximum absolute atomic E-state index is 5.12. The second-order valence-electron chi connectivity index (χ2n) is 3.51. The first-order valence-corrected chi connectivity index (χ1v) is 7.25. The van der Waals surface area contributed by atoms with Crippen LogP contribution >= 0.6 is 0 Å². The van der Waals surface area contributed by atoms with Gasteiger partial charge < -0.3 is 0 Å². The van der Waals surface area contributed by atoms with Crippen molar-refractivity contribution in [2.45, 2.75) is 0 Å². The number of rotatable bonds is 4. The van der Waals surface area contributed by atoms with Crippen LogP contribution in [-0.2, 0) is 0 Å². The van der Waals surface area contributed by atoms with E-state index in [9.17, 15) is 0 Å². The molecule has 0 saturated carbocycles. The van der Waals surface area contributed by atoms with Crippen molar-refractivity contribution in [3.05, 3.63) is 65.1 Å². The van der Waals surface area contributed by atoms with Crippen LogP contribution < -0.4 is 9.20 Å². The normalized spacial score (nSPS) is 10.6. The predicted octanol–water partition coefficient (Wildman–Crippen LogP) is 2.70. The van der Waals surface area contributed by atoms with Gasteiger partial charge in [-0.1, -0.05) is 0 Å². The average Bonchev–Trinajstić information content (AvgIpc) is 2.41. The van der Waals surface area contributed by atoms with Crippen molar-refractivity contribution in [1.82, 2.24) is 0 Å². The van der Waals surface area contributed by atoms with Gasteiger partial charge in [-0.15, -0.1) is 0 Å². The molecule has 2 aromatic carbocycles. The van der Waals surface area contributed by atoms with Crippen molar-refractivity contribution >= 4 is 25.5 Å². The Hall–Kier alpha value is -1.50. The minimum absolute atomic E-state index is 0.404. The summed E-state index contributed by atoms with van der Waals surface area (Å²) in [6.07, 6.45) is 2.16. The fourth-order valence-corrected chi connectivity index (χ4v) is 2.87. The second kappa shape index (κ2) is 6.29. The molecule has 0 fully saturated rings. The number of hydrogen-bond acceptors (Lipinski definition) is 1. The van der Waals surface area contributed by atoms with Gasteiger partial charge in [0, 0.05) is 0 Å². The Morgan fingerprint density at radius 1 is 0.941 bits per heavy atom. The van der Waals surface area contributed by atoms with Crippen LogP contribution in [0.15, 0.2) is 59.6 Å². The fourth-order valence-electron chi connectivity index (χ4n) is 1.41. The number of ether oxygens (including phenoxy) is 1. The van der Waals surface area contributed by atoms with Crippen LogP contribution in [0.4, 0.5) is 0 Å². The third kappa shape index (κ3) is 3.77. The third-order valence-electron chi connectivity index (χ3n) is 2.32. The Balaban J connectivity index is 1.96. The zero-order valence-corrected chi connectivity index (χ0v) is 11.4. The topological polar surface area (TPSA) is 9.23 Å². The molecule has 0 unspecified atom stereocenters. The molecule has 0 atom stereocenters. The summed E-state index contributed by atoms with van der Waals surface area (Å²) < 4.78 is 6.52. The summed E-state index contributed by atoms with van der Waals surface area (Å²) in [5, 5.41) is 0. The molecular formula is C15H14OSe. The van der Waals surface area contributed by atoms with Gasteiger partial charge in [-0.2, -0.15) is 0 Å². The van der Waals surface area contributed by atoms with Crippen LogP contribution in [0.25, 0.3) is 6.08 Å². The molecule has 2 rings (SSSR count). The van der Waals surface area contributed by atoms with E-state index in [1.54, 1.807) is 7.11 Å². The van der Waals surface area contributed by atoms with Gasteiger partial charge in [0.1, 0.15) is 0 Å². The van der Waals surface area contributed by atoms with E-state index in [2.05, 4.69) is 47.4 Å². The first-order valence-electron chi connectivity index (χ1n) is 5.41. The zero-order chi connectivity index (χ0) is 11.9. The average molecular weight is 289 g/mol. The van der Waals surface area contributed by atoms with Crippen molar-refractivity contribution in [2.75, 3.05) is 7.11 Å². The molecule has 0 saturated heterocycles. The van der Waals surface area contributed by atoms with Gasteiger partial charge in [0.05, 0.1) is 0 Å². The molecule has 2 aromatic rings. The van der Waals surface area contributed by atoms with Crippen LogP contribution in [0.1, 0.15) is 5.56 Å². The standard InChI is InChI=1S/C15H14OSe/c1-16-14-9-7-13(8-10-14)11-12-17-15-5-3-2-4-6-15/h2-12H,1H3/b12-11-. The van der Waals surface area contributed by atoms with Crippen molar-refractivity contribution in [3.63, 3.8) is 0 Å². The SMILES string of the molecule is COc1ccc(/C=C\[Se]c2ccccc2)cc1. The van der Waals surface area contributed by atoms with E-state index in [4.69, 9.17) is 4.74 Å². The van der Waals surface area contributed by atoms with Crippen molar-refractivity contribution < 1.29 is 4.74 Å². The van der Waals surface area contributed by atoms with E-state index in [-0.39, 0.29) is 0 Å². The van der Waals surface area contributed by atoms with Crippen molar-refractivity contribution in [3.8, 4) is 5.75 Å². The molecule has 0 spiro atoms. The molecule has 0 radical (unpaired) electrons. The van der Waals surface area contributed by atoms with Gasteiger partial charge in [0.15, 0.2) is 0 Å². The van der Waals surface area contributed by atoms with E-state index >= 15 is 0 Å². The Morgan fingerprint density at radius 3 is 2.29 bits per heavy atom. The van der Waals surface area contributed by atoms with E-state index in [0.717, 1.165) is 5.75 Å². The van der Waals surface area contributed by atoms with Crippen LogP contribution in [0.3, 0.4) is 0 Å². The van der Waals surface area contributed by atoms with Gasteiger partial charge in [0.2, 0.25) is 0 Å². The summed E-state index contributed by atoms with van der Waals surface area (Å²) in [7, 11) is 1.68. The van der Waals surface area contributed by atoms with E-state index < -0.39 is 0 Å². The molecular weight excluding hydrogens is 275 g/mol. The van der Waals surface area contributed by atoms with Crippen molar-refractivity contribution in [1.29, 1.82) is 0 Å². The molecule has 2 heteroatoms. The van der Waals surface area contributed by atoms with Crippen molar-refractivity contribution in [2.24, 2.45) is 0 Å². The number of methoxy groups -OCH3 is 1. The van der Waals surface area contributed by atoms with Gasteiger partial charge >= 0.3 is 108 Å². The third-order valence-corrected chi connectivity index (χ3v) is 4.04. The Kier molecular flexibility index (Phi) is 4.43. The Bertz CT molecular complexity index is 474. The summed E-state index contributed by atoms with van der Waals surface area (Å²) in [5.41, 5.74) is 1.21. The molecule has 0 aliphatic carbocycles. The second-order valence-corrected chi connectivity index (χ2v) is 5.56. The monoisotopic (exact) mass is 290 g/mol. The molecule has 0 heterocycles. The van der Waals surface area contributed by atoms with Gasteiger partial charge in [0.25, 0.3) is 0 Å². The summed E-state index contributed by atoms with van der Waals surface area (Å²) in [6.45, 7) is 0. The molecule has 0 aliphatic heterocycles. The van der Waals surface area contributed by atoms with Gasteiger partial charge in [-0.25, -0.2) is 0 Å². The van der Waals surface area contributed by atoms with E-state index in [0.29, 0.717) is 15.0 Å². The summed E-state index contributed by atoms with van der Waals surface area (Å²) in [4.78, 5) is 2.24. The number of hydrogen-bond donors (Lipinski definition) is 0. The molecule has 86 valence electrons. The molecule has 1 nitrogen and oxygen atoms in total. The summed E-state index contributed by atoms with van der Waals surface area (Å²) >= 11 is 0.404. The van der Waals surface area contributed by atoms with E-state index in [1.165, 1.54) is 10.0 Å². The molecule has 0 aromatic heterocycles. The minimum atomic E-state index is 0.404. The quantitative estimate of drug-likeness (QED) is 0.786. The van der Waals surface area contributed by atoms with Crippen LogP contribution in [0, 0.1) is 0 Å². The van der Waals surface area contributed by atoms with Crippen LogP contribution in [0.5, 0.6) is 5.75 Å². The molecule has 17 heavy (non-hydrogen) atoms. The Labute approximate surface area is 108 Å². The molecule has 0 aliphatic rings. The summed E-state index contributed by atoms with van der Waals surface area (Å²) in [5.74, 6) is 0.899. The first-order chi connectivity index (χ1) is 8.38. The molecule has 0 N–H and O–H groups in total. The predicted molar refractivity (Wildman–Crippen MR) is 73.9 cm³/mol. The molecule has 0 amide bonds. The zero-order valence-electron chi connectivity index (χ0n) is 9.67. The maximum atomic E-state index is 5.12. The van der Waals surface area contributed by atoms with Gasteiger partial charge in [-0.05, 0) is 0 Å². The summed E-state index contributed by atoms with van der Waals surface area (Å²) in [6, 6.07) is 18.6.